The van der Waals surface area contributed by atoms with E-state index in [1.807, 2.05) is 78.9 Å². The first-order chi connectivity index (χ1) is 31.5. The van der Waals surface area contributed by atoms with E-state index in [0.717, 1.165) is 94.4 Å². The number of nitrogens with two attached hydrogens (primary N) is 1. The first-order valence-corrected chi connectivity index (χ1v) is 25.0. The number of phosphoric acid groups is 1. The molecule has 12 heteroatoms. The highest BCUT2D eigenvalue weighted by molar-refractivity contribution is 7.46. The number of carbonyl (C=O) groups is 1. The number of quaternary nitrogens is 1. The minimum Gasteiger partial charge on any atom is -0.493 e. The van der Waals surface area contributed by atoms with Crippen molar-refractivity contribution in [3.8, 4) is 11.5 Å². The standard InChI is InChI=1S/C53H66N3O8P/c54-52(58)53(46-19-8-4-9-20-46,47-21-10-5-11-22-47)48-28-32-56(40-48,31-27-42-23-25-50-44(36-42)29-35-63-50)39-45-37-43(24-26-51(45)64-65(59,60)61)49(57)38-55-30-13-1-2-14-33-62-34-15-12-18-41-16-6-3-7-17-41/h3-11,16-17,19-26,36-37,48-49,55,57H,1-2,12-15,18,27-35,38-40H2,(H3-,54,58,59,60,61)/p+1. The van der Waals surface area contributed by atoms with Gasteiger partial charge in [-0.1, -0.05) is 122 Å². The number of hydrogen-bond acceptors (Lipinski definition) is 7. The van der Waals surface area contributed by atoms with Crippen LogP contribution in [0, 0.1) is 5.92 Å². The molecule has 2 aliphatic heterocycles. The van der Waals surface area contributed by atoms with Crippen LogP contribution < -0.4 is 20.3 Å². The number of aliphatic hydroxyl groups excluding tert-OH is 1. The molecular formula is C53H67N3O8P+. The van der Waals surface area contributed by atoms with Crippen molar-refractivity contribution in [1.82, 2.24) is 5.32 Å². The average molecular weight is 905 g/mol. The molecule has 0 radical (unpaired) electrons. The van der Waals surface area contributed by atoms with E-state index < -0.39 is 25.2 Å². The second-order valence-corrected chi connectivity index (χ2v) is 19.1. The molecule has 0 saturated carbocycles. The molecule has 0 spiro atoms. The molecule has 0 bridgehead atoms. The third-order valence-electron chi connectivity index (χ3n) is 13.4. The van der Waals surface area contributed by atoms with Gasteiger partial charge >= 0.3 is 7.82 Å². The first-order valence-electron chi connectivity index (χ1n) is 23.4. The Morgan fingerprint density at radius 3 is 2.18 bits per heavy atom. The Bertz CT molecular complexity index is 2270. The van der Waals surface area contributed by atoms with Crippen molar-refractivity contribution < 1.29 is 42.7 Å². The van der Waals surface area contributed by atoms with Gasteiger partial charge in [0.1, 0.15) is 23.5 Å². The van der Waals surface area contributed by atoms with Gasteiger partial charge in [-0.2, -0.15) is 0 Å². The van der Waals surface area contributed by atoms with Crippen molar-refractivity contribution in [3.05, 3.63) is 166 Å². The number of aryl methyl sites for hydroxylation is 1. The van der Waals surface area contributed by atoms with Gasteiger partial charge in [0.2, 0.25) is 5.91 Å². The van der Waals surface area contributed by atoms with Crippen LogP contribution in [0.4, 0.5) is 0 Å². The number of amides is 1. The Morgan fingerprint density at radius 1 is 0.815 bits per heavy atom. The summed E-state index contributed by atoms with van der Waals surface area (Å²) in [7, 11) is -4.94. The monoisotopic (exact) mass is 904 g/mol. The van der Waals surface area contributed by atoms with E-state index in [4.69, 9.17) is 19.7 Å². The summed E-state index contributed by atoms with van der Waals surface area (Å²) in [5.41, 5.74) is 12.0. The van der Waals surface area contributed by atoms with Crippen LogP contribution in [0.3, 0.4) is 0 Å². The number of nitrogens with zero attached hydrogens (tertiary/aromatic N) is 1. The van der Waals surface area contributed by atoms with Crippen molar-refractivity contribution in [1.29, 1.82) is 0 Å². The molecule has 5 aromatic rings. The SMILES string of the molecule is NC(=O)C(c1ccccc1)(c1ccccc1)C1CC[N+](CCc2ccc3c(c2)CCO3)(Cc2cc(C(O)CNCCCCCCOCCCCc3ccccc3)ccc2OP(=O)(O)O)C1. The fourth-order valence-corrected chi connectivity index (χ4v) is 10.5. The molecule has 3 atom stereocenters. The van der Waals surface area contributed by atoms with E-state index in [1.54, 1.807) is 12.1 Å². The highest BCUT2D eigenvalue weighted by Gasteiger charge is 2.54. The van der Waals surface area contributed by atoms with E-state index in [-0.39, 0.29) is 11.7 Å². The lowest BCUT2D eigenvalue weighted by Crippen LogP contribution is -2.52. The van der Waals surface area contributed by atoms with Gasteiger partial charge in [0.15, 0.2) is 0 Å². The normalized spacial score (nSPS) is 17.7. The summed E-state index contributed by atoms with van der Waals surface area (Å²) in [4.78, 5) is 34.2. The molecule has 346 valence electrons. The number of primary amides is 1. The zero-order chi connectivity index (χ0) is 45.5. The smallest absolute Gasteiger partial charge is 0.493 e. The summed E-state index contributed by atoms with van der Waals surface area (Å²) in [5.74, 6) is 0.365. The molecule has 1 saturated heterocycles. The highest BCUT2D eigenvalue weighted by Crippen LogP contribution is 2.47. The van der Waals surface area contributed by atoms with Crippen LogP contribution in [-0.2, 0) is 45.3 Å². The van der Waals surface area contributed by atoms with Gasteiger partial charge in [-0.3, -0.25) is 14.6 Å². The Balaban J connectivity index is 1.03. The number of rotatable bonds is 26. The van der Waals surface area contributed by atoms with Crippen LogP contribution in [0.15, 0.2) is 127 Å². The molecule has 0 aliphatic carbocycles. The van der Waals surface area contributed by atoms with E-state index >= 15 is 0 Å². The Kier molecular flexibility index (Phi) is 17.1. The maximum atomic E-state index is 14.1. The molecule has 2 heterocycles. The van der Waals surface area contributed by atoms with E-state index in [9.17, 15) is 24.3 Å². The largest absolute Gasteiger partial charge is 0.524 e. The lowest BCUT2D eigenvalue weighted by Gasteiger charge is -2.40. The number of likely N-dealkylation sites (tertiary alicyclic amines) is 1. The highest BCUT2D eigenvalue weighted by atomic mass is 31.2. The number of fused-ring (bicyclic) bond motifs is 1. The van der Waals surface area contributed by atoms with Gasteiger partial charge in [-0.05, 0) is 90.2 Å². The Morgan fingerprint density at radius 2 is 1.49 bits per heavy atom. The van der Waals surface area contributed by atoms with Gasteiger partial charge < -0.3 is 34.6 Å². The van der Waals surface area contributed by atoms with Crippen molar-refractivity contribution in [3.63, 3.8) is 0 Å². The number of hydrogen-bond donors (Lipinski definition) is 5. The summed E-state index contributed by atoms with van der Waals surface area (Å²) in [6, 6.07) is 41.5. The second kappa shape index (κ2) is 23.1. The van der Waals surface area contributed by atoms with E-state index in [1.165, 1.54) is 16.7 Å². The van der Waals surface area contributed by atoms with Gasteiger partial charge in [0, 0.05) is 50.5 Å². The van der Waals surface area contributed by atoms with Crippen LogP contribution in [0.2, 0.25) is 0 Å². The lowest BCUT2D eigenvalue weighted by atomic mass is 9.64. The Labute approximate surface area is 384 Å². The summed E-state index contributed by atoms with van der Waals surface area (Å²) in [6.45, 7) is 5.59. The maximum Gasteiger partial charge on any atom is 0.524 e. The minimum atomic E-state index is -4.94. The molecule has 5 aromatic carbocycles. The number of phosphoric ester groups is 1. The maximum absolute atomic E-state index is 14.1. The number of benzene rings is 5. The van der Waals surface area contributed by atoms with Gasteiger partial charge in [-0.25, -0.2) is 4.57 Å². The first kappa shape index (κ1) is 48.1. The number of aliphatic hydroxyl groups is 1. The zero-order valence-corrected chi connectivity index (χ0v) is 38.5. The number of ether oxygens (including phenoxy) is 2. The fourth-order valence-electron chi connectivity index (χ4n) is 10.1. The molecule has 65 heavy (non-hydrogen) atoms. The lowest BCUT2D eigenvalue weighted by molar-refractivity contribution is -0.931. The third kappa shape index (κ3) is 13.0. The number of nitrogens with one attached hydrogen (secondary N) is 1. The number of unbranched alkanes of at least 4 members (excludes halogenated alkanes) is 4. The predicted molar refractivity (Wildman–Crippen MR) is 254 cm³/mol. The molecule has 1 amide bonds. The van der Waals surface area contributed by atoms with Crippen molar-refractivity contribution in [2.24, 2.45) is 11.7 Å². The van der Waals surface area contributed by atoms with Crippen molar-refractivity contribution in [2.45, 2.75) is 82.3 Å². The summed E-state index contributed by atoms with van der Waals surface area (Å²) in [6.07, 6.45) is 8.82. The molecule has 0 aromatic heterocycles. The quantitative estimate of drug-likeness (QED) is 0.0209. The second-order valence-electron chi connectivity index (χ2n) is 17.9. The summed E-state index contributed by atoms with van der Waals surface area (Å²) in [5, 5.41) is 14.9. The van der Waals surface area contributed by atoms with E-state index in [0.29, 0.717) is 61.4 Å². The topological polar surface area (TPSA) is 161 Å². The Hall–Kier alpha value is -4.84. The van der Waals surface area contributed by atoms with Gasteiger partial charge in [0.05, 0.1) is 32.3 Å². The molecule has 7 rings (SSSR count). The molecule has 3 unspecified atom stereocenters. The van der Waals surface area contributed by atoms with Crippen LogP contribution in [0.5, 0.6) is 11.5 Å². The van der Waals surface area contributed by atoms with Gasteiger partial charge in [-0.15, -0.1) is 0 Å². The summed E-state index contributed by atoms with van der Waals surface area (Å²) < 4.78 is 29.9. The molecule has 1 fully saturated rings. The molecule has 11 nitrogen and oxygen atoms in total. The minimum absolute atomic E-state index is 0.0707. The predicted octanol–water partition coefficient (Wildman–Crippen LogP) is 8.37. The van der Waals surface area contributed by atoms with Crippen LogP contribution in [0.1, 0.15) is 90.0 Å². The van der Waals surface area contributed by atoms with Crippen LogP contribution >= 0.6 is 7.82 Å². The van der Waals surface area contributed by atoms with Crippen molar-refractivity contribution in [2.75, 3.05) is 52.5 Å². The fraction of sp³-hybridized carbons (Fsp3) is 0.415. The molecule has 2 aliphatic rings. The van der Waals surface area contributed by atoms with Crippen LogP contribution in [-0.4, -0.2) is 77.8 Å². The van der Waals surface area contributed by atoms with Crippen molar-refractivity contribution >= 4 is 13.7 Å². The van der Waals surface area contributed by atoms with E-state index in [2.05, 4.69) is 41.7 Å². The van der Waals surface area contributed by atoms with Crippen LogP contribution in [0.25, 0.3) is 0 Å². The summed E-state index contributed by atoms with van der Waals surface area (Å²) >= 11 is 0. The molecular weight excluding hydrogens is 838 g/mol. The third-order valence-corrected chi connectivity index (χ3v) is 13.9. The number of carbonyl (C=O) groups excluding carboxylic acids is 1. The zero-order valence-electron chi connectivity index (χ0n) is 37.6. The molecule has 6 N–H and O–H groups in total. The van der Waals surface area contributed by atoms with Gasteiger partial charge in [0.25, 0.3) is 0 Å². The average Bonchev–Trinajstić information content (AvgIpc) is 3.96.